The lowest BCUT2D eigenvalue weighted by Gasteiger charge is -2.08. The van der Waals surface area contributed by atoms with Gasteiger partial charge in [-0.2, -0.15) is 0 Å². The molecule has 1 aliphatic rings. The Morgan fingerprint density at radius 3 is 3.10 bits per heavy atom. The lowest BCUT2D eigenvalue weighted by atomic mass is 10.5. The molecule has 0 saturated carbocycles. The summed E-state index contributed by atoms with van der Waals surface area (Å²) in [7, 11) is 0. The predicted octanol–water partition coefficient (Wildman–Crippen LogP) is 0.425. The molecule has 0 fully saturated rings. The third-order valence-electron chi connectivity index (χ3n) is 1.21. The molecule has 1 N–H and O–H groups in total. The summed E-state index contributed by atoms with van der Waals surface area (Å²) in [5.41, 5.74) is 0. The van der Waals surface area contributed by atoms with E-state index in [-0.39, 0.29) is 12.1 Å². The van der Waals surface area contributed by atoms with E-state index < -0.39 is 0 Å². The Hall–Kier alpha value is -0.830. The van der Waals surface area contributed by atoms with E-state index in [1.165, 1.54) is 6.08 Å². The molecule has 1 rings (SSSR count). The van der Waals surface area contributed by atoms with Crippen LogP contribution in [0.1, 0.15) is 13.3 Å². The highest BCUT2D eigenvalue weighted by atomic mass is 16.5. The fraction of sp³-hybridized carbons (Fsp3) is 0.571. The van der Waals surface area contributed by atoms with Gasteiger partial charge in [-0.05, 0) is 12.5 Å². The van der Waals surface area contributed by atoms with Crippen molar-refractivity contribution >= 4 is 5.91 Å². The van der Waals surface area contributed by atoms with Gasteiger partial charge in [0.05, 0.1) is 0 Å². The number of hydrogen-bond donors (Lipinski definition) is 1. The van der Waals surface area contributed by atoms with Crippen molar-refractivity contribution in [1.29, 1.82) is 0 Å². The normalized spacial score (nSPS) is 23.3. The van der Waals surface area contributed by atoms with Gasteiger partial charge in [-0.3, -0.25) is 4.79 Å². The van der Waals surface area contributed by atoms with Gasteiger partial charge in [0.25, 0.3) is 0 Å². The number of carbonyl (C=O) groups is 1. The van der Waals surface area contributed by atoms with Gasteiger partial charge >= 0.3 is 0 Å². The molecule has 1 atom stereocenters. The third-order valence-corrected chi connectivity index (χ3v) is 1.21. The monoisotopic (exact) mass is 141 g/mol. The number of amides is 1. The van der Waals surface area contributed by atoms with Crippen LogP contribution in [0, 0.1) is 0 Å². The van der Waals surface area contributed by atoms with Crippen molar-refractivity contribution in [2.45, 2.75) is 19.6 Å². The first-order chi connectivity index (χ1) is 4.83. The number of nitrogens with one attached hydrogen (secondary N) is 1. The van der Waals surface area contributed by atoms with Crippen molar-refractivity contribution in [2.24, 2.45) is 0 Å². The van der Waals surface area contributed by atoms with Gasteiger partial charge in [-0.25, -0.2) is 0 Å². The second-order valence-electron chi connectivity index (χ2n) is 2.16. The van der Waals surface area contributed by atoms with Crippen LogP contribution >= 0.6 is 0 Å². The van der Waals surface area contributed by atoms with Gasteiger partial charge in [0, 0.05) is 12.7 Å². The maximum atomic E-state index is 10.5. The first-order valence-corrected chi connectivity index (χ1v) is 3.43. The molecule has 0 aromatic rings. The van der Waals surface area contributed by atoms with Crippen molar-refractivity contribution in [3.8, 4) is 0 Å². The lowest BCUT2D eigenvalue weighted by Crippen LogP contribution is -2.28. The molecule has 0 saturated heterocycles. The number of hydrogen-bond acceptors (Lipinski definition) is 2. The molecule has 0 aromatic heterocycles. The van der Waals surface area contributed by atoms with E-state index in [0.29, 0.717) is 6.61 Å². The molecule has 0 bridgehead atoms. The summed E-state index contributed by atoms with van der Waals surface area (Å²) in [4.78, 5) is 10.5. The summed E-state index contributed by atoms with van der Waals surface area (Å²) in [6.07, 6.45) is 3.99. The van der Waals surface area contributed by atoms with Crippen LogP contribution in [-0.2, 0) is 9.53 Å². The molecule has 10 heavy (non-hydrogen) atoms. The molecule has 56 valence electrons. The average Bonchev–Trinajstić information content (AvgIpc) is 2.31. The quantitative estimate of drug-likeness (QED) is 0.618. The minimum absolute atomic E-state index is 0.0684. The smallest absolute Gasteiger partial charge is 0.246 e. The number of carbonyl (C=O) groups excluding carboxylic acids is 1. The van der Waals surface area contributed by atoms with Crippen LogP contribution in [0.2, 0.25) is 0 Å². The first kappa shape index (κ1) is 7.28. The Bertz CT molecular complexity index is 154. The van der Waals surface area contributed by atoms with Gasteiger partial charge in [-0.1, -0.05) is 6.92 Å². The molecule has 0 aliphatic carbocycles. The van der Waals surface area contributed by atoms with Gasteiger partial charge in [0.15, 0.2) is 0 Å². The lowest BCUT2D eigenvalue weighted by molar-refractivity contribution is -0.118. The minimum Gasteiger partial charge on any atom is -0.355 e. The van der Waals surface area contributed by atoms with Crippen LogP contribution < -0.4 is 5.32 Å². The summed E-state index contributed by atoms with van der Waals surface area (Å²) in [6.45, 7) is 2.72. The Labute approximate surface area is 60.1 Å². The topological polar surface area (TPSA) is 38.3 Å². The second kappa shape index (κ2) is 3.37. The van der Waals surface area contributed by atoms with Crippen LogP contribution in [0.4, 0.5) is 0 Å². The fourth-order valence-corrected chi connectivity index (χ4v) is 0.753. The van der Waals surface area contributed by atoms with Crippen molar-refractivity contribution in [2.75, 3.05) is 6.61 Å². The zero-order valence-electron chi connectivity index (χ0n) is 5.96. The van der Waals surface area contributed by atoms with Crippen molar-refractivity contribution in [3.63, 3.8) is 0 Å². The largest absolute Gasteiger partial charge is 0.355 e. The summed E-state index contributed by atoms with van der Waals surface area (Å²) in [5, 5.41) is 2.62. The highest BCUT2D eigenvalue weighted by Gasteiger charge is 2.12. The number of rotatable bonds is 3. The van der Waals surface area contributed by atoms with Gasteiger partial charge in [0.2, 0.25) is 5.91 Å². The highest BCUT2D eigenvalue weighted by molar-refractivity contribution is 5.90. The van der Waals surface area contributed by atoms with Crippen LogP contribution in [-0.4, -0.2) is 18.7 Å². The average molecular weight is 141 g/mol. The SMILES string of the molecule is CCCOC1C=CC(=O)N1. The minimum atomic E-state index is -0.188. The molecular formula is C7H11NO2. The zero-order valence-corrected chi connectivity index (χ0v) is 5.96. The number of ether oxygens (including phenoxy) is 1. The summed E-state index contributed by atoms with van der Waals surface area (Å²) in [6, 6.07) is 0. The molecule has 0 aromatic carbocycles. The standard InChI is InChI=1S/C7H11NO2/c1-2-5-10-7-4-3-6(9)8-7/h3-4,7H,2,5H2,1H3,(H,8,9). The third kappa shape index (κ3) is 1.84. The Morgan fingerprint density at radius 1 is 1.80 bits per heavy atom. The Balaban J connectivity index is 2.20. The van der Waals surface area contributed by atoms with E-state index in [9.17, 15) is 4.79 Å². The van der Waals surface area contributed by atoms with Crippen molar-refractivity contribution in [3.05, 3.63) is 12.2 Å². The molecule has 1 unspecified atom stereocenters. The van der Waals surface area contributed by atoms with Crippen molar-refractivity contribution in [1.82, 2.24) is 5.32 Å². The molecule has 0 spiro atoms. The molecule has 1 aliphatic heterocycles. The van der Waals surface area contributed by atoms with Gasteiger partial charge in [-0.15, -0.1) is 0 Å². The predicted molar refractivity (Wildman–Crippen MR) is 37.3 cm³/mol. The zero-order chi connectivity index (χ0) is 7.40. The highest BCUT2D eigenvalue weighted by Crippen LogP contribution is 1.98. The van der Waals surface area contributed by atoms with E-state index in [0.717, 1.165) is 6.42 Å². The first-order valence-electron chi connectivity index (χ1n) is 3.43. The van der Waals surface area contributed by atoms with Gasteiger partial charge in [0.1, 0.15) is 6.23 Å². The molecule has 3 nitrogen and oxygen atoms in total. The molecule has 3 heteroatoms. The van der Waals surface area contributed by atoms with E-state index >= 15 is 0 Å². The fourth-order valence-electron chi connectivity index (χ4n) is 0.753. The van der Waals surface area contributed by atoms with Crippen LogP contribution in [0.3, 0.4) is 0 Å². The van der Waals surface area contributed by atoms with Crippen molar-refractivity contribution < 1.29 is 9.53 Å². The Morgan fingerprint density at radius 2 is 2.60 bits per heavy atom. The summed E-state index contributed by atoms with van der Waals surface area (Å²) < 4.78 is 5.20. The second-order valence-corrected chi connectivity index (χ2v) is 2.16. The van der Waals surface area contributed by atoms with E-state index in [1.54, 1.807) is 6.08 Å². The van der Waals surface area contributed by atoms with E-state index in [1.807, 2.05) is 6.92 Å². The summed E-state index contributed by atoms with van der Waals surface area (Å²) >= 11 is 0. The summed E-state index contributed by atoms with van der Waals surface area (Å²) in [5.74, 6) is -0.0684. The molecule has 1 heterocycles. The van der Waals surface area contributed by atoms with E-state index in [2.05, 4.69) is 5.32 Å². The molecule has 1 amide bonds. The maximum Gasteiger partial charge on any atom is 0.246 e. The van der Waals surface area contributed by atoms with E-state index in [4.69, 9.17) is 4.74 Å². The molecular weight excluding hydrogens is 130 g/mol. The van der Waals surface area contributed by atoms with Gasteiger partial charge < -0.3 is 10.1 Å². The maximum absolute atomic E-state index is 10.5. The van der Waals surface area contributed by atoms with Crippen LogP contribution in [0.15, 0.2) is 12.2 Å². The van der Waals surface area contributed by atoms with Crippen LogP contribution in [0.5, 0.6) is 0 Å². The Kier molecular flexibility index (Phi) is 2.45. The van der Waals surface area contributed by atoms with Crippen LogP contribution in [0.25, 0.3) is 0 Å². The molecule has 0 radical (unpaired) electrons.